The smallest absolute Gasteiger partial charge is 0.433 e. The molecule has 8 nitrogen and oxygen atoms in total. The summed E-state index contributed by atoms with van der Waals surface area (Å²) in [5, 5.41) is 6.14. The van der Waals surface area contributed by atoms with E-state index in [1.807, 2.05) is 25.1 Å². The maximum absolute atomic E-state index is 13.1. The minimum absolute atomic E-state index is 0.130. The number of nitrogens with one attached hydrogen (secondary N) is 2. The standard InChI is InChI=1S/C28H30F3N5O3/c1-18-4-5-21(34-27(37)19-6-8-33-24(13-19)28(29,30)31)16-23(18)20-14-25(36-9-11-38-12-10-36)35-26(15-20)39-17-22-3-2-7-32-22/h4-6,8,13-16,22,32H,2-3,7,9-12,17H2,1H3,(H,34,37)/t22-/m0/s1. The van der Waals surface area contributed by atoms with Crippen LogP contribution in [0.1, 0.15) is 34.5 Å². The van der Waals surface area contributed by atoms with Crippen LogP contribution in [0.3, 0.4) is 0 Å². The van der Waals surface area contributed by atoms with Crippen LogP contribution in [0.15, 0.2) is 48.7 Å². The van der Waals surface area contributed by atoms with Crippen molar-refractivity contribution in [2.24, 2.45) is 0 Å². The van der Waals surface area contributed by atoms with Gasteiger partial charge < -0.3 is 25.0 Å². The third kappa shape index (κ3) is 6.66. The Balaban J connectivity index is 1.42. The van der Waals surface area contributed by atoms with Crippen molar-refractivity contribution in [1.82, 2.24) is 15.3 Å². The largest absolute Gasteiger partial charge is 0.476 e. The van der Waals surface area contributed by atoms with Crippen LogP contribution in [-0.2, 0) is 10.9 Å². The number of pyridine rings is 2. The van der Waals surface area contributed by atoms with E-state index in [0.717, 1.165) is 54.2 Å². The lowest BCUT2D eigenvalue weighted by atomic mass is 10.00. The van der Waals surface area contributed by atoms with Crippen LogP contribution in [-0.4, -0.2) is 61.4 Å². The third-order valence-electron chi connectivity index (χ3n) is 6.84. The molecule has 4 heterocycles. The molecule has 1 aromatic carbocycles. The second-order valence-corrected chi connectivity index (χ2v) is 9.67. The molecule has 0 unspecified atom stereocenters. The molecule has 0 saturated carbocycles. The Hall–Kier alpha value is -3.70. The van der Waals surface area contributed by atoms with Crippen molar-refractivity contribution in [2.45, 2.75) is 32.0 Å². The minimum Gasteiger partial charge on any atom is -0.476 e. The minimum atomic E-state index is -4.64. The number of amides is 1. The molecule has 2 saturated heterocycles. The van der Waals surface area contributed by atoms with E-state index in [2.05, 4.69) is 20.5 Å². The number of benzene rings is 1. The molecule has 2 fully saturated rings. The summed E-state index contributed by atoms with van der Waals surface area (Å²) < 4.78 is 50.8. The van der Waals surface area contributed by atoms with Gasteiger partial charge in [0.25, 0.3) is 5.91 Å². The summed E-state index contributed by atoms with van der Waals surface area (Å²) in [5.74, 6) is 0.623. The number of morpholine rings is 1. The lowest BCUT2D eigenvalue weighted by Crippen LogP contribution is -2.36. The Bertz CT molecular complexity index is 1320. The number of aryl methyl sites for hydroxylation is 1. The molecule has 2 aromatic heterocycles. The van der Waals surface area contributed by atoms with E-state index < -0.39 is 17.8 Å². The molecule has 3 aromatic rings. The lowest BCUT2D eigenvalue weighted by molar-refractivity contribution is -0.141. The van der Waals surface area contributed by atoms with Gasteiger partial charge in [-0.25, -0.2) is 0 Å². The van der Waals surface area contributed by atoms with Gasteiger partial charge in [0.2, 0.25) is 5.88 Å². The summed E-state index contributed by atoms with van der Waals surface area (Å²) in [6.45, 7) is 6.09. The molecule has 0 spiro atoms. The number of nitrogens with zero attached hydrogens (tertiary/aromatic N) is 3. The summed E-state index contributed by atoms with van der Waals surface area (Å²) in [5.41, 5.74) is 1.87. The fourth-order valence-corrected chi connectivity index (χ4v) is 4.70. The SMILES string of the molecule is Cc1ccc(NC(=O)c2ccnc(C(F)(F)F)c2)cc1-c1cc(OC[C@@H]2CCCN2)nc(N2CCOCC2)c1. The third-order valence-corrected chi connectivity index (χ3v) is 6.84. The second kappa shape index (κ2) is 11.6. The molecule has 39 heavy (non-hydrogen) atoms. The van der Waals surface area contributed by atoms with Crippen LogP contribution in [0.25, 0.3) is 11.1 Å². The summed E-state index contributed by atoms with van der Waals surface area (Å²) in [6.07, 6.45) is -1.49. The van der Waals surface area contributed by atoms with Crippen molar-refractivity contribution >= 4 is 17.4 Å². The highest BCUT2D eigenvalue weighted by atomic mass is 19.4. The number of rotatable bonds is 7. The molecule has 206 valence electrons. The molecule has 0 radical (unpaired) electrons. The van der Waals surface area contributed by atoms with Crippen LogP contribution in [0.4, 0.5) is 24.7 Å². The number of ether oxygens (including phenoxy) is 2. The Morgan fingerprint density at radius 3 is 2.74 bits per heavy atom. The molecule has 2 aliphatic rings. The molecule has 0 aliphatic carbocycles. The van der Waals surface area contributed by atoms with Crippen molar-refractivity contribution < 1.29 is 27.4 Å². The van der Waals surface area contributed by atoms with Crippen LogP contribution in [0.5, 0.6) is 5.88 Å². The van der Waals surface area contributed by atoms with Gasteiger partial charge in [-0.05, 0) is 73.3 Å². The maximum Gasteiger partial charge on any atom is 0.433 e. The zero-order valence-corrected chi connectivity index (χ0v) is 21.6. The number of anilines is 2. The Labute approximate surface area is 224 Å². The molecule has 1 amide bonds. The number of alkyl halides is 3. The van der Waals surface area contributed by atoms with Crippen molar-refractivity contribution in [3.05, 3.63) is 65.5 Å². The van der Waals surface area contributed by atoms with Crippen LogP contribution in [0.2, 0.25) is 0 Å². The van der Waals surface area contributed by atoms with Gasteiger partial charge in [0.15, 0.2) is 0 Å². The van der Waals surface area contributed by atoms with E-state index in [1.54, 1.807) is 12.1 Å². The number of hydrogen-bond donors (Lipinski definition) is 2. The average molecular weight is 542 g/mol. The van der Waals surface area contributed by atoms with Crippen molar-refractivity contribution in [1.29, 1.82) is 0 Å². The van der Waals surface area contributed by atoms with Crippen molar-refractivity contribution in [2.75, 3.05) is 49.7 Å². The Morgan fingerprint density at radius 1 is 1.18 bits per heavy atom. The number of hydrogen-bond acceptors (Lipinski definition) is 7. The molecular weight excluding hydrogens is 511 g/mol. The molecule has 11 heteroatoms. The molecule has 0 bridgehead atoms. The van der Waals surface area contributed by atoms with Crippen LogP contribution >= 0.6 is 0 Å². The summed E-state index contributed by atoms with van der Waals surface area (Å²) >= 11 is 0. The molecule has 2 aliphatic heterocycles. The zero-order valence-electron chi connectivity index (χ0n) is 21.6. The summed E-state index contributed by atoms with van der Waals surface area (Å²) in [6, 6.07) is 11.5. The van der Waals surface area contributed by atoms with E-state index >= 15 is 0 Å². The molecule has 5 rings (SSSR count). The summed E-state index contributed by atoms with van der Waals surface area (Å²) in [4.78, 5) is 23.0. The van der Waals surface area contributed by atoms with Gasteiger partial charge in [-0.2, -0.15) is 18.2 Å². The molecular formula is C28H30F3N5O3. The van der Waals surface area contributed by atoms with Crippen LogP contribution < -0.4 is 20.3 Å². The normalized spacial score (nSPS) is 17.7. The zero-order chi connectivity index (χ0) is 27.4. The van der Waals surface area contributed by atoms with Crippen molar-refractivity contribution in [3.63, 3.8) is 0 Å². The first kappa shape index (κ1) is 26.9. The topological polar surface area (TPSA) is 88.6 Å². The number of halogens is 3. The van der Waals surface area contributed by atoms with Gasteiger partial charge in [0, 0.05) is 42.6 Å². The Morgan fingerprint density at radius 2 is 2.00 bits per heavy atom. The second-order valence-electron chi connectivity index (χ2n) is 9.67. The van der Waals surface area contributed by atoms with E-state index in [0.29, 0.717) is 44.5 Å². The van der Waals surface area contributed by atoms with Crippen LogP contribution in [0, 0.1) is 6.92 Å². The number of carbonyl (C=O) groups excluding carboxylic acids is 1. The molecule has 1 atom stereocenters. The van der Waals surface area contributed by atoms with Gasteiger partial charge in [0.05, 0.1) is 13.2 Å². The predicted octanol–water partition coefficient (Wildman–Crippen LogP) is 4.69. The van der Waals surface area contributed by atoms with Gasteiger partial charge in [-0.3, -0.25) is 9.78 Å². The number of carbonyl (C=O) groups is 1. The monoisotopic (exact) mass is 541 g/mol. The molecule has 2 N–H and O–H groups in total. The quantitative estimate of drug-likeness (QED) is 0.449. The van der Waals surface area contributed by atoms with E-state index in [-0.39, 0.29) is 11.6 Å². The highest BCUT2D eigenvalue weighted by molar-refractivity contribution is 6.04. The fourth-order valence-electron chi connectivity index (χ4n) is 4.70. The van der Waals surface area contributed by atoms with Gasteiger partial charge >= 0.3 is 6.18 Å². The lowest BCUT2D eigenvalue weighted by Gasteiger charge is -2.28. The fraction of sp³-hybridized carbons (Fsp3) is 0.393. The van der Waals surface area contributed by atoms with Crippen molar-refractivity contribution in [3.8, 4) is 17.0 Å². The first-order valence-electron chi connectivity index (χ1n) is 12.9. The summed E-state index contributed by atoms with van der Waals surface area (Å²) in [7, 11) is 0. The van der Waals surface area contributed by atoms with Gasteiger partial charge in [-0.1, -0.05) is 6.07 Å². The van der Waals surface area contributed by atoms with E-state index in [1.165, 1.54) is 6.07 Å². The van der Waals surface area contributed by atoms with Gasteiger partial charge in [-0.15, -0.1) is 0 Å². The van der Waals surface area contributed by atoms with Gasteiger partial charge in [0.1, 0.15) is 18.1 Å². The average Bonchev–Trinajstić information content (AvgIpc) is 3.47. The first-order chi connectivity index (χ1) is 18.8. The Kier molecular flexibility index (Phi) is 7.99. The number of aromatic nitrogens is 2. The first-order valence-corrected chi connectivity index (χ1v) is 12.9. The van der Waals surface area contributed by atoms with E-state index in [4.69, 9.17) is 14.5 Å². The maximum atomic E-state index is 13.1. The van der Waals surface area contributed by atoms with E-state index in [9.17, 15) is 18.0 Å². The highest BCUT2D eigenvalue weighted by Crippen LogP contribution is 2.33. The highest BCUT2D eigenvalue weighted by Gasteiger charge is 2.33. The predicted molar refractivity (Wildman–Crippen MR) is 141 cm³/mol.